The van der Waals surface area contributed by atoms with Gasteiger partial charge in [0.05, 0.1) is 18.1 Å². The van der Waals surface area contributed by atoms with Gasteiger partial charge >= 0.3 is 6.03 Å². The molecule has 1 aliphatic carbocycles. The normalized spacial score (nSPS) is 22.7. The number of carbonyl (C=O) groups is 2. The summed E-state index contributed by atoms with van der Waals surface area (Å²) in [5.41, 5.74) is 0.537. The molecule has 1 aliphatic heterocycles. The summed E-state index contributed by atoms with van der Waals surface area (Å²) in [5.74, 6) is 0.402. The first kappa shape index (κ1) is 26.6. The van der Waals surface area contributed by atoms with Crippen LogP contribution in [0.1, 0.15) is 57.0 Å². The molecule has 204 valence electrons. The van der Waals surface area contributed by atoms with Gasteiger partial charge in [0.1, 0.15) is 10.6 Å². The molecule has 4 N–H and O–H groups in total. The number of fused-ring (bicyclic) bond motifs is 1. The molecule has 0 radical (unpaired) electrons. The first-order valence-electron chi connectivity index (χ1n) is 13.2. The minimum absolute atomic E-state index is 0.0712. The SMILES string of the molecule is Cc1ccc2c(c1)c(NCC(=O)NC1CN([C@H]3CC[C@@](O)(c4nccs4)CC3)C1)nn2C(=O)NC(C)(C)C. The smallest absolute Gasteiger partial charge is 0.343 e. The summed E-state index contributed by atoms with van der Waals surface area (Å²) in [6.45, 7) is 9.44. The molecular weight excluding hydrogens is 502 g/mol. The third-order valence-corrected chi connectivity index (χ3v) is 8.30. The third kappa shape index (κ3) is 5.69. The van der Waals surface area contributed by atoms with E-state index in [1.165, 1.54) is 16.0 Å². The summed E-state index contributed by atoms with van der Waals surface area (Å²) < 4.78 is 1.35. The van der Waals surface area contributed by atoms with E-state index in [4.69, 9.17) is 0 Å². The van der Waals surface area contributed by atoms with Crippen LogP contribution in [-0.4, -0.2) is 74.0 Å². The van der Waals surface area contributed by atoms with Crippen molar-refractivity contribution in [2.45, 2.75) is 76.6 Å². The van der Waals surface area contributed by atoms with Crippen molar-refractivity contribution in [2.75, 3.05) is 25.0 Å². The highest BCUT2D eigenvalue weighted by molar-refractivity contribution is 7.09. The summed E-state index contributed by atoms with van der Waals surface area (Å²) in [5, 5.41) is 28.1. The number of aryl methyl sites for hydroxylation is 1. The van der Waals surface area contributed by atoms with Gasteiger partial charge in [-0.1, -0.05) is 11.6 Å². The first-order chi connectivity index (χ1) is 18.0. The van der Waals surface area contributed by atoms with E-state index in [9.17, 15) is 14.7 Å². The molecule has 5 rings (SSSR count). The zero-order valence-electron chi connectivity index (χ0n) is 22.5. The monoisotopic (exact) mass is 539 g/mol. The van der Waals surface area contributed by atoms with E-state index < -0.39 is 11.1 Å². The quantitative estimate of drug-likeness (QED) is 0.379. The van der Waals surface area contributed by atoms with Gasteiger partial charge in [0, 0.05) is 41.6 Å². The molecular formula is C27H37N7O3S. The molecule has 0 atom stereocenters. The largest absolute Gasteiger partial charge is 0.383 e. The van der Waals surface area contributed by atoms with E-state index in [0.717, 1.165) is 54.7 Å². The Morgan fingerprint density at radius 2 is 1.95 bits per heavy atom. The number of likely N-dealkylation sites (tertiary alicyclic amines) is 1. The van der Waals surface area contributed by atoms with E-state index in [1.54, 1.807) is 6.20 Å². The van der Waals surface area contributed by atoms with Gasteiger partial charge in [-0.25, -0.2) is 9.78 Å². The fraction of sp³-hybridized carbons (Fsp3) is 0.556. The second-order valence-electron chi connectivity index (χ2n) is 11.6. The lowest BCUT2D eigenvalue weighted by atomic mass is 9.81. The lowest BCUT2D eigenvalue weighted by Crippen LogP contribution is -2.63. The fourth-order valence-electron chi connectivity index (χ4n) is 5.35. The van der Waals surface area contributed by atoms with Crippen LogP contribution in [0.4, 0.5) is 10.6 Å². The second kappa shape index (κ2) is 10.3. The summed E-state index contributed by atoms with van der Waals surface area (Å²) in [4.78, 5) is 32.2. The maximum atomic E-state index is 12.8. The Kier molecular flexibility index (Phi) is 7.19. The number of thiazole rings is 1. The number of nitrogens with zero attached hydrogens (tertiary/aromatic N) is 4. The van der Waals surface area contributed by atoms with Crippen LogP contribution in [0.5, 0.6) is 0 Å². The number of carbonyl (C=O) groups excluding carboxylic acids is 2. The van der Waals surface area contributed by atoms with Gasteiger partial charge in [-0.05, 0) is 65.5 Å². The Morgan fingerprint density at radius 1 is 1.21 bits per heavy atom. The van der Waals surface area contributed by atoms with Gasteiger partial charge < -0.3 is 21.1 Å². The Balaban J connectivity index is 1.12. The van der Waals surface area contributed by atoms with Crippen LogP contribution in [0.3, 0.4) is 0 Å². The first-order valence-corrected chi connectivity index (χ1v) is 14.1. The van der Waals surface area contributed by atoms with E-state index in [-0.39, 0.29) is 24.5 Å². The van der Waals surface area contributed by atoms with E-state index in [1.807, 2.05) is 51.3 Å². The minimum atomic E-state index is -0.794. The van der Waals surface area contributed by atoms with Gasteiger partial charge in [0.15, 0.2) is 5.82 Å². The molecule has 2 fully saturated rings. The molecule has 0 unspecified atom stereocenters. The molecule has 2 aromatic heterocycles. The van der Waals surface area contributed by atoms with Gasteiger partial charge in [-0.2, -0.15) is 4.68 Å². The Morgan fingerprint density at radius 3 is 2.61 bits per heavy atom. The number of benzene rings is 1. The highest BCUT2D eigenvalue weighted by Gasteiger charge is 2.41. The predicted molar refractivity (Wildman–Crippen MR) is 148 cm³/mol. The zero-order chi connectivity index (χ0) is 27.1. The summed E-state index contributed by atoms with van der Waals surface area (Å²) >= 11 is 1.52. The van der Waals surface area contributed by atoms with Gasteiger partial charge in [-0.3, -0.25) is 9.69 Å². The number of nitrogens with one attached hydrogen (secondary N) is 3. The lowest BCUT2D eigenvalue weighted by Gasteiger charge is -2.47. The topological polar surface area (TPSA) is 124 Å². The average Bonchev–Trinajstić information content (AvgIpc) is 3.48. The second-order valence-corrected chi connectivity index (χ2v) is 12.5. The lowest BCUT2D eigenvalue weighted by molar-refractivity contribution is -0.121. The van der Waals surface area contributed by atoms with Crippen molar-refractivity contribution < 1.29 is 14.7 Å². The zero-order valence-corrected chi connectivity index (χ0v) is 23.3. The molecule has 0 bridgehead atoms. The van der Waals surface area contributed by atoms with Crippen molar-refractivity contribution in [3.63, 3.8) is 0 Å². The number of aromatic nitrogens is 3. The van der Waals surface area contributed by atoms with Crippen molar-refractivity contribution in [1.82, 2.24) is 30.3 Å². The minimum Gasteiger partial charge on any atom is -0.383 e. The van der Waals surface area contributed by atoms with Crippen molar-refractivity contribution >= 4 is 40.0 Å². The Labute approximate surface area is 226 Å². The van der Waals surface area contributed by atoms with Crippen LogP contribution in [0.25, 0.3) is 10.9 Å². The number of hydrogen-bond donors (Lipinski definition) is 4. The fourth-order valence-corrected chi connectivity index (χ4v) is 6.14. The standard InChI is InChI=1S/C27H37N7O3S/c1-17-5-6-21-20(13-17)23(32-34(21)25(36)31-26(2,3)4)29-14-22(35)30-18-15-33(16-18)19-7-9-27(37,10-8-19)24-28-11-12-38-24/h5-6,11-13,18-19,37H,7-10,14-16H2,1-4H3,(H,29,32)(H,30,35)(H,31,36)/t19-,27-. The van der Waals surface area contributed by atoms with Crippen LogP contribution in [0, 0.1) is 6.92 Å². The van der Waals surface area contributed by atoms with Crippen LogP contribution in [0.15, 0.2) is 29.8 Å². The van der Waals surface area contributed by atoms with Crippen molar-refractivity contribution in [1.29, 1.82) is 0 Å². The molecule has 38 heavy (non-hydrogen) atoms. The molecule has 11 heteroatoms. The van der Waals surface area contributed by atoms with Gasteiger partial charge in [-0.15, -0.1) is 16.4 Å². The molecule has 10 nitrogen and oxygen atoms in total. The number of anilines is 1. The van der Waals surface area contributed by atoms with Gasteiger partial charge in [0.25, 0.3) is 0 Å². The summed E-state index contributed by atoms with van der Waals surface area (Å²) in [6, 6.07) is 6.00. The number of rotatable bonds is 6. The highest BCUT2D eigenvalue weighted by atomic mass is 32.1. The van der Waals surface area contributed by atoms with E-state index in [0.29, 0.717) is 17.4 Å². The Hall–Kier alpha value is -3.02. The molecule has 1 saturated heterocycles. The van der Waals surface area contributed by atoms with E-state index in [2.05, 4.69) is 30.9 Å². The maximum absolute atomic E-state index is 12.8. The number of aliphatic hydroxyl groups is 1. The highest BCUT2D eigenvalue weighted by Crippen LogP contribution is 2.40. The summed E-state index contributed by atoms with van der Waals surface area (Å²) in [6.07, 6.45) is 5.04. The van der Waals surface area contributed by atoms with Crippen molar-refractivity contribution in [3.05, 3.63) is 40.3 Å². The third-order valence-electron chi connectivity index (χ3n) is 7.33. The van der Waals surface area contributed by atoms with Crippen LogP contribution >= 0.6 is 11.3 Å². The number of hydrogen-bond acceptors (Lipinski definition) is 8. The van der Waals surface area contributed by atoms with Crippen molar-refractivity contribution in [3.8, 4) is 0 Å². The molecule has 3 aromatic rings. The van der Waals surface area contributed by atoms with E-state index >= 15 is 0 Å². The van der Waals surface area contributed by atoms with Crippen LogP contribution < -0.4 is 16.0 Å². The number of amides is 2. The Bertz CT molecular complexity index is 1300. The molecule has 2 amide bonds. The molecule has 1 saturated carbocycles. The van der Waals surface area contributed by atoms with Crippen LogP contribution in [-0.2, 0) is 10.4 Å². The molecule has 1 aromatic carbocycles. The molecule has 3 heterocycles. The van der Waals surface area contributed by atoms with Crippen molar-refractivity contribution in [2.24, 2.45) is 0 Å². The molecule has 2 aliphatic rings. The van der Waals surface area contributed by atoms with Gasteiger partial charge in [0.2, 0.25) is 5.91 Å². The van der Waals surface area contributed by atoms with Crippen LogP contribution in [0.2, 0.25) is 0 Å². The maximum Gasteiger partial charge on any atom is 0.343 e. The summed E-state index contributed by atoms with van der Waals surface area (Å²) in [7, 11) is 0. The predicted octanol–water partition coefficient (Wildman–Crippen LogP) is 3.20. The average molecular weight is 540 g/mol. The molecule has 0 spiro atoms.